The standard InChI is InChI=1S/C17H15ClN4O3/c18-15-5-4-13(22(24)25)11-14(15)17(23)20-8-2-9-21-10-6-12-3-1-7-19-16(12)21/h1,3-7,10-11H,2,8-9H2,(H,20,23). The summed E-state index contributed by atoms with van der Waals surface area (Å²) in [6, 6.07) is 9.67. The van der Waals surface area contributed by atoms with E-state index in [9.17, 15) is 14.9 Å². The van der Waals surface area contributed by atoms with Crippen molar-refractivity contribution in [3.63, 3.8) is 0 Å². The zero-order chi connectivity index (χ0) is 17.8. The topological polar surface area (TPSA) is 90.1 Å². The van der Waals surface area contributed by atoms with Gasteiger partial charge in [0.05, 0.1) is 15.5 Å². The minimum atomic E-state index is -0.558. The number of nitro groups is 1. The van der Waals surface area contributed by atoms with Gasteiger partial charge in [0.15, 0.2) is 0 Å². The smallest absolute Gasteiger partial charge is 0.270 e. The van der Waals surface area contributed by atoms with Gasteiger partial charge in [-0.2, -0.15) is 0 Å². The van der Waals surface area contributed by atoms with Gasteiger partial charge < -0.3 is 9.88 Å². The number of aryl methyl sites for hydroxylation is 1. The van der Waals surface area contributed by atoms with Gasteiger partial charge in [-0.3, -0.25) is 14.9 Å². The van der Waals surface area contributed by atoms with E-state index in [2.05, 4.69) is 10.3 Å². The molecule has 0 unspecified atom stereocenters. The third kappa shape index (κ3) is 3.77. The Labute approximate surface area is 148 Å². The molecular weight excluding hydrogens is 344 g/mol. The molecule has 3 rings (SSSR count). The predicted molar refractivity (Wildman–Crippen MR) is 94.8 cm³/mol. The molecule has 0 spiro atoms. The van der Waals surface area contributed by atoms with Gasteiger partial charge in [0.1, 0.15) is 5.65 Å². The summed E-state index contributed by atoms with van der Waals surface area (Å²) in [5, 5.41) is 14.8. The van der Waals surface area contributed by atoms with E-state index in [0.717, 1.165) is 11.0 Å². The number of aromatic nitrogens is 2. The number of carbonyl (C=O) groups excluding carboxylic acids is 1. The second kappa shape index (κ2) is 7.31. The number of fused-ring (bicyclic) bond motifs is 1. The Bertz CT molecular complexity index is 939. The first-order valence-corrected chi connectivity index (χ1v) is 8.06. The Morgan fingerprint density at radius 2 is 2.16 bits per heavy atom. The first kappa shape index (κ1) is 16.9. The number of benzene rings is 1. The number of nitrogens with zero attached hydrogens (tertiary/aromatic N) is 3. The summed E-state index contributed by atoms with van der Waals surface area (Å²) in [6.07, 6.45) is 4.39. The first-order chi connectivity index (χ1) is 12.1. The molecule has 128 valence electrons. The van der Waals surface area contributed by atoms with Crippen LogP contribution in [0.15, 0.2) is 48.8 Å². The summed E-state index contributed by atoms with van der Waals surface area (Å²) in [5.74, 6) is -0.427. The van der Waals surface area contributed by atoms with Crippen LogP contribution in [0.3, 0.4) is 0 Å². The second-order valence-electron chi connectivity index (χ2n) is 5.46. The van der Waals surface area contributed by atoms with Crippen LogP contribution in [0.5, 0.6) is 0 Å². The fraction of sp³-hybridized carbons (Fsp3) is 0.176. The molecule has 0 radical (unpaired) electrons. The van der Waals surface area contributed by atoms with Crippen LogP contribution < -0.4 is 5.32 Å². The van der Waals surface area contributed by atoms with E-state index < -0.39 is 10.8 Å². The summed E-state index contributed by atoms with van der Waals surface area (Å²) in [6.45, 7) is 1.12. The SMILES string of the molecule is O=C(NCCCn1ccc2cccnc21)c1cc([N+](=O)[O-])ccc1Cl. The predicted octanol–water partition coefficient (Wildman–Crippen LogP) is 3.42. The van der Waals surface area contributed by atoms with Crippen molar-refractivity contribution >= 4 is 34.2 Å². The molecule has 0 aliphatic heterocycles. The van der Waals surface area contributed by atoms with Gasteiger partial charge in [0.2, 0.25) is 0 Å². The van der Waals surface area contributed by atoms with E-state index in [4.69, 9.17) is 11.6 Å². The van der Waals surface area contributed by atoms with E-state index in [0.29, 0.717) is 19.5 Å². The van der Waals surface area contributed by atoms with E-state index in [1.165, 1.54) is 18.2 Å². The molecule has 1 N–H and O–H groups in total. The number of rotatable bonds is 6. The van der Waals surface area contributed by atoms with Gasteiger partial charge in [-0.1, -0.05) is 11.6 Å². The summed E-state index contributed by atoms with van der Waals surface area (Å²) >= 11 is 5.96. The number of pyridine rings is 1. The molecule has 2 heterocycles. The van der Waals surface area contributed by atoms with Crippen LogP contribution in [0.25, 0.3) is 11.0 Å². The monoisotopic (exact) mass is 358 g/mol. The summed E-state index contributed by atoms with van der Waals surface area (Å²) in [7, 11) is 0. The Balaban J connectivity index is 1.58. The lowest BCUT2D eigenvalue weighted by molar-refractivity contribution is -0.384. The second-order valence-corrected chi connectivity index (χ2v) is 5.86. The maximum atomic E-state index is 12.2. The van der Waals surface area contributed by atoms with Crippen molar-refractivity contribution in [3.05, 3.63) is 69.5 Å². The van der Waals surface area contributed by atoms with Crippen LogP contribution >= 0.6 is 11.6 Å². The number of nitro benzene ring substituents is 1. The van der Waals surface area contributed by atoms with Crippen LogP contribution in [-0.4, -0.2) is 26.9 Å². The normalized spacial score (nSPS) is 10.8. The highest BCUT2D eigenvalue weighted by Crippen LogP contribution is 2.22. The summed E-state index contributed by atoms with van der Waals surface area (Å²) in [5.41, 5.74) is 0.832. The number of carbonyl (C=O) groups is 1. The van der Waals surface area contributed by atoms with Gasteiger partial charge in [0, 0.05) is 43.0 Å². The lowest BCUT2D eigenvalue weighted by Crippen LogP contribution is -2.25. The number of hydrogen-bond acceptors (Lipinski definition) is 4. The molecule has 0 saturated carbocycles. The minimum Gasteiger partial charge on any atom is -0.352 e. The molecule has 7 nitrogen and oxygen atoms in total. The quantitative estimate of drug-likeness (QED) is 0.415. The zero-order valence-electron chi connectivity index (χ0n) is 13.2. The summed E-state index contributed by atoms with van der Waals surface area (Å²) < 4.78 is 2.02. The van der Waals surface area contributed by atoms with Crippen LogP contribution in [0.2, 0.25) is 5.02 Å². The third-order valence-corrected chi connectivity index (χ3v) is 4.12. The van der Waals surface area contributed by atoms with Crippen molar-refractivity contribution in [3.8, 4) is 0 Å². The van der Waals surface area contributed by atoms with Crippen LogP contribution in [0.1, 0.15) is 16.8 Å². The third-order valence-electron chi connectivity index (χ3n) is 3.79. The highest BCUT2D eigenvalue weighted by molar-refractivity contribution is 6.33. The van der Waals surface area contributed by atoms with Crippen molar-refractivity contribution in [1.82, 2.24) is 14.9 Å². The highest BCUT2D eigenvalue weighted by Gasteiger charge is 2.15. The summed E-state index contributed by atoms with van der Waals surface area (Å²) in [4.78, 5) is 26.8. The number of non-ortho nitro benzene ring substituents is 1. The Morgan fingerprint density at radius 3 is 2.96 bits per heavy atom. The average molecular weight is 359 g/mol. The van der Waals surface area contributed by atoms with E-state index >= 15 is 0 Å². The molecule has 1 aromatic carbocycles. The fourth-order valence-electron chi connectivity index (χ4n) is 2.55. The molecule has 0 atom stereocenters. The fourth-order valence-corrected chi connectivity index (χ4v) is 2.75. The van der Waals surface area contributed by atoms with Crippen molar-refractivity contribution in [2.75, 3.05) is 6.54 Å². The number of amides is 1. The molecule has 0 aliphatic carbocycles. The molecule has 3 aromatic rings. The molecule has 0 aliphatic rings. The van der Waals surface area contributed by atoms with Gasteiger partial charge in [-0.05, 0) is 30.7 Å². The van der Waals surface area contributed by atoms with Gasteiger partial charge in [-0.25, -0.2) is 4.98 Å². The molecule has 25 heavy (non-hydrogen) atoms. The van der Waals surface area contributed by atoms with Crippen molar-refractivity contribution in [1.29, 1.82) is 0 Å². The lowest BCUT2D eigenvalue weighted by atomic mass is 10.2. The Hall–Kier alpha value is -2.93. The van der Waals surface area contributed by atoms with E-state index in [-0.39, 0.29) is 16.3 Å². The zero-order valence-corrected chi connectivity index (χ0v) is 13.9. The molecule has 0 fully saturated rings. The maximum absolute atomic E-state index is 12.2. The van der Waals surface area contributed by atoms with E-state index in [1.807, 2.05) is 29.0 Å². The number of hydrogen-bond donors (Lipinski definition) is 1. The van der Waals surface area contributed by atoms with Crippen molar-refractivity contribution < 1.29 is 9.72 Å². The van der Waals surface area contributed by atoms with Crippen LogP contribution in [-0.2, 0) is 6.54 Å². The Morgan fingerprint density at radius 1 is 1.32 bits per heavy atom. The number of halogens is 1. The van der Waals surface area contributed by atoms with Gasteiger partial charge >= 0.3 is 0 Å². The first-order valence-electron chi connectivity index (χ1n) is 7.68. The Kier molecular flexibility index (Phi) is 4.95. The van der Waals surface area contributed by atoms with E-state index in [1.54, 1.807) is 6.20 Å². The van der Waals surface area contributed by atoms with Gasteiger partial charge in [0.25, 0.3) is 11.6 Å². The molecular formula is C17H15ClN4O3. The van der Waals surface area contributed by atoms with Crippen LogP contribution in [0, 0.1) is 10.1 Å². The molecule has 2 aromatic heterocycles. The molecule has 0 saturated heterocycles. The highest BCUT2D eigenvalue weighted by atomic mass is 35.5. The molecule has 1 amide bonds. The average Bonchev–Trinajstić information content (AvgIpc) is 3.02. The molecule has 0 bridgehead atoms. The lowest BCUT2D eigenvalue weighted by Gasteiger charge is -2.08. The molecule has 8 heteroatoms. The minimum absolute atomic E-state index is 0.101. The van der Waals surface area contributed by atoms with Crippen molar-refractivity contribution in [2.24, 2.45) is 0 Å². The maximum Gasteiger partial charge on any atom is 0.270 e. The number of nitrogens with one attached hydrogen (secondary N) is 1. The van der Waals surface area contributed by atoms with Crippen molar-refractivity contribution in [2.45, 2.75) is 13.0 Å². The largest absolute Gasteiger partial charge is 0.352 e. The van der Waals surface area contributed by atoms with Crippen LogP contribution in [0.4, 0.5) is 5.69 Å². The van der Waals surface area contributed by atoms with Gasteiger partial charge in [-0.15, -0.1) is 0 Å².